The SMILES string of the molecule is COCOc1c(-c2cccc(P(=O)(C(C)(C)C)C(C)(C)C)c2)cc(C(F)(F)F)cc1[Si](C)(C)C. The number of hydrogen-bond donors (Lipinski definition) is 0. The summed E-state index contributed by atoms with van der Waals surface area (Å²) in [5.74, 6) is 0.396. The highest BCUT2D eigenvalue weighted by Gasteiger charge is 2.47. The van der Waals surface area contributed by atoms with E-state index in [4.69, 9.17) is 9.47 Å². The first-order valence-electron chi connectivity index (χ1n) is 11.3. The van der Waals surface area contributed by atoms with E-state index in [1.165, 1.54) is 13.2 Å². The van der Waals surface area contributed by atoms with E-state index in [0.29, 0.717) is 27.4 Å². The van der Waals surface area contributed by atoms with E-state index in [-0.39, 0.29) is 6.79 Å². The summed E-state index contributed by atoms with van der Waals surface area (Å²) in [4.78, 5) is 0. The zero-order valence-corrected chi connectivity index (χ0v) is 23.9. The minimum absolute atomic E-state index is 0.0853. The molecule has 8 heteroatoms. The second kappa shape index (κ2) is 9.48. The second-order valence-electron chi connectivity index (χ2n) is 11.7. The summed E-state index contributed by atoms with van der Waals surface area (Å²) in [6.45, 7) is 17.6. The number of methoxy groups -OCH3 is 1. The third kappa shape index (κ3) is 5.63. The fourth-order valence-electron chi connectivity index (χ4n) is 4.49. The van der Waals surface area contributed by atoms with Crippen LogP contribution in [0.15, 0.2) is 36.4 Å². The molecule has 0 bridgehead atoms. The molecule has 3 nitrogen and oxygen atoms in total. The van der Waals surface area contributed by atoms with E-state index >= 15 is 0 Å². The quantitative estimate of drug-likeness (QED) is 0.228. The molecule has 2 aromatic rings. The lowest BCUT2D eigenvalue weighted by Gasteiger charge is -2.41. The number of hydrogen-bond acceptors (Lipinski definition) is 3. The number of halogens is 3. The number of benzene rings is 2. The van der Waals surface area contributed by atoms with Crippen molar-refractivity contribution >= 4 is 25.7 Å². The molecule has 0 saturated carbocycles. The first-order chi connectivity index (χ1) is 15.2. The molecule has 0 aliphatic carbocycles. The van der Waals surface area contributed by atoms with Crippen LogP contribution >= 0.6 is 7.14 Å². The average Bonchev–Trinajstić information content (AvgIpc) is 2.68. The highest BCUT2D eigenvalue weighted by atomic mass is 31.2. The Balaban J connectivity index is 2.95. The van der Waals surface area contributed by atoms with Crippen LogP contribution in [-0.4, -0.2) is 32.3 Å². The standard InChI is InChI=1S/C26H38F3O3PSi/c1-24(2,3)33(30,25(4,5)6)20-13-11-12-18(14-20)21-15-19(26(27,28)29)16-22(34(8,9)10)23(21)32-17-31-7/h11-16H,17H2,1-10H3. The fraction of sp³-hybridized carbons (Fsp3) is 0.538. The van der Waals surface area contributed by atoms with E-state index in [2.05, 4.69) is 0 Å². The number of rotatable bonds is 6. The van der Waals surface area contributed by atoms with Gasteiger partial charge in [-0.05, 0) is 28.9 Å². The van der Waals surface area contributed by atoms with Gasteiger partial charge in [-0.3, -0.25) is 0 Å². The third-order valence-electron chi connectivity index (χ3n) is 5.96. The number of alkyl halides is 3. The van der Waals surface area contributed by atoms with E-state index in [0.717, 1.165) is 6.07 Å². The Hall–Kier alpha value is -1.56. The molecule has 0 aromatic heterocycles. The van der Waals surface area contributed by atoms with Gasteiger partial charge in [0.05, 0.1) is 13.6 Å². The van der Waals surface area contributed by atoms with E-state index < -0.39 is 37.3 Å². The Bertz CT molecular complexity index is 1060. The lowest BCUT2D eigenvalue weighted by Crippen LogP contribution is -2.40. The maximum Gasteiger partial charge on any atom is 0.416 e. The average molecular weight is 515 g/mol. The Morgan fingerprint density at radius 3 is 1.91 bits per heavy atom. The molecule has 190 valence electrons. The van der Waals surface area contributed by atoms with Crippen LogP contribution in [0.25, 0.3) is 11.1 Å². The van der Waals surface area contributed by atoms with Gasteiger partial charge in [-0.2, -0.15) is 13.2 Å². The third-order valence-corrected chi connectivity index (χ3v) is 12.7. The molecule has 0 aliphatic heterocycles. The van der Waals surface area contributed by atoms with Crippen LogP contribution in [0.1, 0.15) is 47.1 Å². The summed E-state index contributed by atoms with van der Waals surface area (Å²) in [5.41, 5.74) is 0.161. The van der Waals surface area contributed by atoms with Gasteiger partial charge in [0.25, 0.3) is 0 Å². The van der Waals surface area contributed by atoms with Gasteiger partial charge in [0.1, 0.15) is 12.9 Å². The van der Waals surface area contributed by atoms with Crippen LogP contribution in [0.4, 0.5) is 13.2 Å². The van der Waals surface area contributed by atoms with Gasteiger partial charge in [-0.15, -0.1) is 0 Å². The molecule has 34 heavy (non-hydrogen) atoms. The van der Waals surface area contributed by atoms with Crippen molar-refractivity contribution in [2.45, 2.75) is 77.7 Å². The van der Waals surface area contributed by atoms with Crippen LogP contribution in [0.5, 0.6) is 5.75 Å². The van der Waals surface area contributed by atoms with Crippen molar-refractivity contribution in [3.63, 3.8) is 0 Å². The van der Waals surface area contributed by atoms with E-state index in [1.807, 2.05) is 67.2 Å². The predicted molar refractivity (Wildman–Crippen MR) is 139 cm³/mol. The Labute approximate surface area is 203 Å². The first-order valence-corrected chi connectivity index (χ1v) is 16.5. The van der Waals surface area contributed by atoms with Gasteiger partial charge < -0.3 is 14.0 Å². The molecule has 0 saturated heterocycles. The summed E-state index contributed by atoms with van der Waals surface area (Å²) < 4.78 is 67.3. The zero-order valence-electron chi connectivity index (χ0n) is 22.0. The van der Waals surface area contributed by atoms with Crippen molar-refractivity contribution in [1.82, 2.24) is 0 Å². The molecule has 0 aliphatic rings. The lowest BCUT2D eigenvalue weighted by molar-refractivity contribution is -0.137. The van der Waals surface area contributed by atoms with E-state index in [9.17, 15) is 17.7 Å². The minimum atomic E-state index is -4.51. The van der Waals surface area contributed by atoms with Crippen molar-refractivity contribution in [3.8, 4) is 16.9 Å². The summed E-state index contributed by atoms with van der Waals surface area (Å²) >= 11 is 0. The van der Waals surface area contributed by atoms with Gasteiger partial charge in [0.2, 0.25) is 0 Å². The molecule has 0 amide bonds. The normalized spacial score (nSPS) is 13.8. The van der Waals surface area contributed by atoms with Crippen molar-refractivity contribution < 1.29 is 27.2 Å². The van der Waals surface area contributed by atoms with Crippen LogP contribution in [0.2, 0.25) is 19.6 Å². The molecule has 0 unspecified atom stereocenters. The topological polar surface area (TPSA) is 35.5 Å². The molecule has 0 N–H and O–H groups in total. The van der Waals surface area contributed by atoms with Gasteiger partial charge in [-0.25, -0.2) is 0 Å². The monoisotopic (exact) mass is 514 g/mol. The van der Waals surface area contributed by atoms with Crippen LogP contribution in [0.3, 0.4) is 0 Å². The Morgan fingerprint density at radius 2 is 1.47 bits per heavy atom. The van der Waals surface area contributed by atoms with Crippen LogP contribution in [-0.2, 0) is 15.5 Å². The van der Waals surface area contributed by atoms with Crippen molar-refractivity contribution in [2.24, 2.45) is 0 Å². The fourth-order valence-corrected chi connectivity index (χ4v) is 10.1. The largest absolute Gasteiger partial charge is 0.467 e. The molecule has 0 spiro atoms. The highest BCUT2D eigenvalue weighted by Crippen LogP contribution is 2.65. The maximum absolute atomic E-state index is 14.5. The molecular weight excluding hydrogens is 476 g/mol. The molecule has 0 heterocycles. The minimum Gasteiger partial charge on any atom is -0.467 e. The molecule has 2 aromatic carbocycles. The smallest absolute Gasteiger partial charge is 0.416 e. The van der Waals surface area contributed by atoms with Gasteiger partial charge in [0.15, 0.2) is 6.79 Å². The summed E-state index contributed by atoms with van der Waals surface area (Å²) in [7, 11) is -3.76. The van der Waals surface area contributed by atoms with Crippen LogP contribution < -0.4 is 15.2 Å². The highest BCUT2D eigenvalue weighted by molar-refractivity contribution is 7.74. The maximum atomic E-state index is 14.5. The van der Waals surface area contributed by atoms with E-state index in [1.54, 1.807) is 18.2 Å². The first kappa shape index (κ1) is 28.7. The van der Waals surface area contributed by atoms with Gasteiger partial charge >= 0.3 is 6.18 Å². The molecule has 0 radical (unpaired) electrons. The number of ether oxygens (including phenoxy) is 2. The summed E-state index contributed by atoms with van der Waals surface area (Å²) in [5, 5.41) is 0.150. The van der Waals surface area contributed by atoms with Crippen molar-refractivity contribution in [2.75, 3.05) is 13.9 Å². The molecule has 0 atom stereocenters. The predicted octanol–water partition coefficient (Wildman–Crippen LogP) is 7.49. The Morgan fingerprint density at radius 1 is 0.912 bits per heavy atom. The van der Waals surface area contributed by atoms with Crippen LogP contribution in [0, 0.1) is 0 Å². The van der Waals surface area contributed by atoms with Crippen molar-refractivity contribution in [3.05, 3.63) is 42.0 Å². The Kier molecular flexibility index (Phi) is 7.99. The van der Waals surface area contributed by atoms with Gasteiger partial charge in [0, 0.05) is 28.3 Å². The zero-order chi connectivity index (χ0) is 26.3. The molecule has 2 rings (SSSR count). The van der Waals surface area contributed by atoms with Crippen molar-refractivity contribution in [1.29, 1.82) is 0 Å². The molecule has 0 fully saturated rings. The van der Waals surface area contributed by atoms with Gasteiger partial charge in [-0.1, -0.05) is 79.4 Å². The lowest BCUT2D eigenvalue weighted by atomic mass is 10.0. The molecular formula is C26H38F3O3PSi. The second-order valence-corrected chi connectivity index (χ2v) is 21.2. The summed E-state index contributed by atoms with van der Waals surface area (Å²) in [6, 6.07) is 9.46. The summed E-state index contributed by atoms with van der Waals surface area (Å²) in [6.07, 6.45) is -4.51.